The first kappa shape index (κ1) is 31.9. The van der Waals surface area contributed by atoms with Gasteiger partial charge in [-0.3, -0.25) is 0 Å². The Labute approximate surface area is 221 Å². The molecule has 0 saturated heterocycles. The van der Waals surface area contributed by atoms with Gasteiger partial charge in [0.15, 0.2) is 0 Å². The van der Waals surface area contributed by atoms with Crippen molar-refractivity contribution >= 4 is 17.7 Å². The Morgan fingerprint density at radius 3 is 1.77 bits per heavy atom. The van der Waals surface area contributed by atoms with E-state index in [2.05, 4.69) is 13.8 Å². The average molecular weight is 507 g/mol. The first-order valence-electron chi connectivity index (χ1n) is 14.8. The monoisotopic (exact) mass is 506 g/mol. The van der Waals surface area contributed by atoms with Crippen LogP contribution >= 0.6 is 11.8 Å². The number of carbonyl (C=O) groups excluding carboxylic acids is 1. The molecule has 1 aromatic carbocycles. The summed E-state index contributed by atoms with van der Waals surface area (Å²) in [6.07, 6.45) is 25.3. The highest BCUT2D eigenvalue weighted by Gasteiger charge is 2.13. The van der Waals surface area contributed by atoms with Crippen LogP contribution in [0.25, 0.3) is 0 Å². The molecule has 1 aromatic rings. The summed E-state index contributed by atoms with van der Waals surface area (Å²) in [5, 5.41) is 9.71. The molecule has 0 aliphatic rings. The summed E-state index contributed by atoms with van der Waals surface area (Å²) in [4.78, 5) is 12.4. The molecule has 0 unspecified atom stereocenters. The number of thioether (sulfide) groups is 1. The number of aryl methyl sites for hydroxylation is 1. The van der Waals surface area contributed by atoms with Crippen molar-refractivity contribution in [1.82, 2.24) is 0 Å². The van der Waals surface area contributed by atoms with Gasteiger partial charge in [0.05, 0.1) is 5.56 Å². The van der Waals surface area contributed by atoms with Gasteiger partial charge in [-0.15, -0.1) is 0 Å². The maximum absolute atomic E-state index is 12.4. The van der Waals surface area contributed by atoms with Crippen LogP contribution < -0.4 is 0 Å². The normalized spacial score (nSPS) is 11.1. The molecule has 0 atom stereocenters. The lowest BCUT2D eigenvalue weighted by Crippen LogP contribution is -2.10. The molecular formula is C31H54O3S. The van der Waals surface area contributed by atoms with Crippen LogP contribution in [0.4, 0.5) is 0 Å². The molecule has 0 heterocycles. The van der Waals surface area contributed by atoms with E-state index in [0.29, 0.717) is 12.2 Å². The molecule has 0 fully saturated rings. The predicted molar refractivity (Wildman–Crippen MR) is 154 cm³/mol. The van der Waals surface area contributed by atoms with Crippen molar-refractivity contribution in [3.63, 3.8) is 0 Å². The minimum atomic E-state index is -0.265. The van der Waals surface area contributed by atoms with Gasteiger partial charge in [0.2, 0.25) is 0 Å². The highest BCUT2D eigenvalue weighted by Crippen LogP contribution is 2.20. The number of phenolic OH excluding ortho intramolecular Hbond substituents is 1. The van der Waals surface area contributed by atoms with E-state index in [4.69, 9.17) is 4.74 Å². The zero-order valence-electron chi connectivity index (χ0n) is 23.0. The largest absolute Gasteiger partial charge is 0.508 e. The lowest BCUT2D eigenvalue weighted by Gasteiger charge is -2.10. The van der Waals surface area contributed by atoms with Gasteiger partial charge in [-0.2, -0.15) is 11.8 Å². The lowest BCUT2D eigenvalue weighted by atomic mass is 10.0. The number of benzene rings is 1. The molecule has 0 bridgehead atoms. The number of phenols is 1. The van der Waals surface area contributed by atoms with Crippen LogP contribution in [-0.2, 0) is 11.2 Å². The Bertz CT molecular complexity index is 632. The predicted octanol–water partition coefficient (Wildman–Crippen LogP) is 9.89. The lowest BCUT2D eigenvalue weighted by molar-refractivity contribution is 0.0529. The van der Waals surface area contributed by atoms with Gasteiger partial charge in [0.25, 0.3) is 0 Å². The van der Waals surface area contributed by atoms with Gasteiger partial charge in [-0.05, 0) is 48.8 Å². The summed E-state index contributed by atoms with van der Waals surface area (Å²) in [6.45, 7) is 4.86. The van der Waals surface area contributed by atoms with Crippen molar-refractivity contribution in [3.05, 3.63) is 29.3 Å². The van der Waals surface area contributed by atoms with Crippen molar-refractivity contribution in [1.29, 1.82) is 0 Å². The van der Waals surface area contributed by atoms with Crippen LogP contribution in [-0.4, -0.2) is 29.2 Å². The second-order valence-electron chi connectivity index (χ2n) is 10.00. The standard InChI is InChI=1S/C31H54O3S/c1-3-5-7-8-9-10-11-12-13-14-15-16-17-18-19-20-25-35-26-24-34-31(33)30-23-22-29(32)27-28(30)21-6-4-2/h22-23,27,32H,3-21,24-26H2,1-2H3. The third-order valence-corrected chi connectivity index (χ3v) is 7.74. The number of esters is 1. The molecule has 202 valence electrons. The summed E-state index contributed by atoms with van der Waals surface area (Å²) < 4.78 is 5.48. The SMILES string of the molecule is CCCCCCCCCCCCCCCCCCSCCOC(=O)c1ccc(O)cc1CCCC. The van der Waals surface area contributed by atoms with Crippen LogP contribution in [0, 0.1) is 0 Å². The van der Waals surface area contributed by atoms with E-state index in [-0.39, 0.29) is 11.7 Å². The maximum Gasteiger partial charge on any atom is 0.338 e. The fraction of sp³-hybridized carbons (Fsp3) is 0.774. The maximum atomic E-state index is 12.4. The molecule has 0 radical (unpaired) electrons. The minimum absolute atomic E-state index is 0.210. The molecule has 0 aromatic heterocycles. The zero-order chi connectivity index (χ0) is 25.4. The summed E-state index contributed by atoms with van der Waals surface area (Å²) in [5.74, 6) is 1.95. The average Bonchev–Trinajstić information content (AvgIpc) is 2.86. The number of hydrogen-bond donors (Lipinski definition) is 1. The Morgan fingerprint density at radius 1 is 0.714 bits per heavy atom. The van der Waals surface area contributed by atoms with E-state index in [1.807, 2.05) is 11.8 Å². The van der Waals surface area contributed by atoms with Crippen molar-refractivity contribution in [3.8, 4) is 5.75 Å². The van der Waals surface area contributed by atoms with Gasteiger partial charge in [0, 0.05) is 5.75 Å². The molecule has 1 rings (SSSR count). The fourth-order valence-corrected chi connectivity index (χ4v) is 5.29. The zero-order valence-corrected chi connectivity index (χ0v) is 23.8. The molecule has 0 spiro atoms. The number of ether oxygens (including phenoxy) is 1. The van der Waals surface area contributed by atoms with Gasteiger partial charge >= 0.3 is 5.97 Å². The van der Waals surface area contributed by atoms with E-state index in [0.717, 1.165) is 36.3 Å². The second kappa shape index (κ2) is 23.3. The van der Waals surface area contributed by atoms with E-state index in [1.54, 1.807) is 18.2 Å². The fourth-order valence-electron chi connectivity index (χ4n) is 4.48. The number of unbranched alkanes of at least 4 members (excludes halogenated alkanes) is 16. The summed E-state index contributed by atoms with van der Waals surface area (Å²) >= 11 is 1.88. The second-order valence-corrected chi connectivity index (χ2v) is 11.2. The smallest absolute Gasteiger partial charge is 0.338 e. The molecule has 1 N–H and O–H groups in total. The Hall–Kier alpha value is -1.16. The van der Waals surface area contributed by atoms with E-state index in [1.165, 1.54) is 103 Å². The van der Waals surface area contributed by atoms with Crippen LogP contribution in [0.1, 0.15) is 145 Å². The molecule has 0 aliphatic carbocycles. The Balaban J connectivity index is 1.89. The van der Waals surface area contributed by atoms with Crippen LogP contribution in [0.2, 0.25) is 0 Å². The van der Waals surface area contributed by atoms with Crippen molar-refractivity contribution in [2.75, 3.05) is 18.1 Å². The number of rotatable bonds is 24. The minimum Gasteiger partial charge on any atom is -0.508 e. The van der Waals surface area contributed by atoms with E-state index >= 15 is 0 Å². The van der Waals surface area contributed by atoms with Gasteiger partial charge in [-0.25, -0.2) is 4.79 Å². The third-order valence-electron chi connectivity index (χ3n) is 6.71. The number of carbonyl (C=O) groups is 1. The van der Waals surface area contributed by atoms with Crippen LogP contribution in [0.5, 0.6) is 5.75 Å². The molecule has 0 amide bonds. The quantitative estimate of drug-likeness (QED) is 0.112. The van der Waals surface area contributed by atoms with Gasteiger partial charge in [0.1, 0.15) is 12.4 Å². The Kier molecular flexibility index (Phi) is 21.2. The molecule has 0 saturated carbocycles. The first-order valence-corrected chi connectivity index (χ1v) is 15.9. The highest BCUT2D eigenvalue weighted by atomic mass is 32.2. The number of hydrogen-bond acceptors (Lipinski definition) is 4. The molecule has 4 heteroatoms. The van der Waals surface area contributed by atoms with E-state index < -0.39 is 0 Å². The number of aromatic hydroxyl groups is 1. The van der Waals surface area contributed by atoms with Crippen LogP contribution in [0.15, 0.2) is 18.2 Å². The van der Waals surface area contributed by atoms with Gasteiger partial charge in [-0.1, -0.05) is 117 Å². The molecule has 0 aliphatic heterocycles. The molecule has 3 nitrogen and oxygen atoms in total. The first-order chi connectivity index (χ1) is 17.2. The van der Waals surface area contributed by atoms with Crippen molar-refractivity contribution < 1.29 is 14.6 Å². The molecular weight excluding hydrogens is 452 g/mol. The summed E-state index contributed by atoms with van der Waals surface area (Å²) in [6, 6.07) is 4.95. The van der Waals surface area contributed by atoms with Crippen molar-refractivity contribution in [2.24, 2.45) is 0 Å². The summed E-state index contributed by atoms with van der Waals surface area (Å²) in [5.41, 5.74) is 1.48. The van der Waals surface area contributed by atoms with Crippen molar-refractivity contribution in [2.45, 2.75) is 136 Å². The molecule has 35 heavy (non-hydrogen) atoms. The third kappa shape index (κ3) is 17.8. The summed E-state index contributed by atoms with van der Waals surface area (Å²) in [7, 11) is 0. The van der Waals surface area contributed by atoms with E-state index in [9.17, 15) is 9.90 Å². The van der Waals surface area contributed by atoms with Crippen LogP contribution in [0.3, 0.4) is 0 Å². The van der Waals surface area contributed by atoms with Gasteiger partial charge < -0.3 is 9.84 Å². The highest BCUT2D eigenvalue weighted by molar-refractivity contribution is 7.99. The topological polar surface area (TPSA) is 46.5 Å². The Morgan fingerprint density at radius 2 is 1.23 bits per heavy atom.